The zero-order valence-electron chi connectivity index (χ0n) is 14.9. The number of amides is 2. The van der Waals surface area contributed by atoms with Crippen molar-refractivity contribution in [3.63, 3.8) is 0 Å². The molecule has 1 aliphatic rings. The number of rotatable bonds is 6. The monoisotopic (exact) mass is 390 g/mol. The van der Waals surface area contributed by atoms with Crippen molar-refractivity contribution >= 4 is 23.8 Å². The Morgan fingerprint density at radius 3 is 1.46 bits per heavy atom. The molecule has 0 saturated carbocycles. The zero-order chi connectivity index (χ0) is 19.9. The number of nitrogens with zero attached hydrogens (tertiary/aromatic N) is 2. The average Bonchev–Trinajstić information content (AvgIpc) is 3.44. The molecule has 1 saturated heterocycles. The van der Waals surface area contributed by atoms with Crippen molar-refractivity contribution in [2.75, 3.05) is 39.4 Å². The first-order chi connectivity index (χ1) is 13.5. The predicted molar refractivity (Wildman–Crippen MR) is 91.1 cm³/mol. The number of piperazine rings is 1. The topological polar surface area (TPSA) is 120 Å². The molecule has 148 valence electrons. The molecule has 0 radical (unpaired) electrons. The largest absolute Gasteiger partial charge is 0.457 e. The molecule has 0 aliphatic carbocycles. The molecular weight excluding hydrogens is 372 g/mol. The molecule has 0 aromatic carbocycles. The van der Waals surface area contributed by atoms with E-state index in [2.05, 4.69) is 0 Å². The third kappa shape index (κ3) is 4.78. The maximum Gasteiger partial charge on any atom is 0.374 e. The maximum atomic E-state index is 12.1. The van der Waals surface area contributed by atoms with Crippen molar-refractivity contribution in [2.45, 2.75) is 0 Å². The average molecular weight is 390 g/mol. The number of carbonyl (C=O) groups is 4. The molecular formula is C18H18N2O8. The van der Waals surface area contributed by atoms with Gasteiger partial charge in [0.15, 0.2) is 13.2 Å². The molecule has 0 atom stereocenters. The first-order valence-electron chi connectivity index (χ1n) is 8.51. The van der Waals surface area contributed by atoms with Gasteiger partial charge in [-0.2, -0.15) is 0 Å². The van der Waals surface area contributed by atoms with Gasteiger partial charge in [0.1, 0.15) is 0 Å². The standard InChI is InChI=1S/C18H18N2O8/c21-15(11-27-17(23)13-3-1-9-25-13)19-5-7-20(8-6-19)16(22)12-28-18(24)14-4-2-10-26-14/h1-4,9-10H,5-8,11-12H2. The van der Waals surface area contributed by atoms with Crippen molar-refractivity contribution in [3.05, 3.63) is 48.3 Å². The molecule has 10 heteroatoms. The molecule has 1 aliphatic heterocycles. The van der Waals surface area contributed by atoms with E-state index in [1.807, 2.05) is 0 Å². The lowest BCUT2D eigenvalue weighted by Gasteiger charge is -2.34. The van der Waals surface area contributed by atoms with Gasteiger partial charge in [-0.15, -0.1) is 0 Å². The predicted octanol–water partition coefficient (Wildman–Crippen LogP) is 0.557. The summed E-state index contributed by atoms with van der Waals surface area (Å²) in [5.74, 6) is -2.12. The summed E-state index contributed by atoms with van der Waals surface area (Å²) in [6.07, 6.45) is 2.67. The fourth-order valence-electron chi connectivity index (χ4n) is 2.57. The third-order valence-corrected chi connectivity index (χ3v) is 4.08. The van der Waals surface area contributed by atoms with Crippen LogP contribution in [0.1, 0.15) is 21.1 Å². The number of esters is 2. The maximum absolute atomic E-state index is 12.1. The Balaban J connectivity index is 1.37. The highest BCUT2D eigenvalue weighted by atomic mass is 16.6. The Bertz CT molecular complexity index is 750. The smallest absolute Gasteiger partial charge is 0.374 e. The summed E-state index contributed by atoms with van der Waals surface area (Å²) < 4.78 is 19.6. The van der Waals surface area contributed by atoms with Crippen LogP contribution >= 0.6 is 0 Å². The van der Waals surface area contributed by atoms with Gasteiger partial charge in [-0.25, -0.2) is 9.59 Å². The molecule has 0 N–H and O–H groups in total. The summed E-state index contributed by atoms with van der Waals surface area (Å²) in [6, 6.07) is 5.97. The van der Waals surface area contributed by atoms with E-state index in [0.29, 0.717) is 0 Å². The van der Waals surface area contributed by atoms with Crippen molar-refractivity contribution < 1.29 is 37.5 Å². The second kappa shape index (κ2) is 8.89. The van der Waals surface area contributed by atoms with Gasteiger partial charge < -0.3 is 28.1 Å². The summed E-state index contributed by atoms with van der Waals surface area (Å²) >= 11 is 0. The lowest BCUT2D eigenvalue weighted by Crippen LogP contribution is -2.52. The molecule has 0 bridgehead atoms. The summed E-state index contributed by atoms with van der Waals surface area (Å²) in [5, 5.41) is 0. The Morgan fingerprint density at radius 2 is 1.14 bits per heavy atom. The van der Waals surface area contributed by atoms with Gasteiger partial charge in [-0.3, -0.25) is 9.59 Å². The Morgan fingerprint density at radius 1 is 0.750 bits per heavy atom. The molecule has 0 unspecified atom stereocenters. The van der Waals surface area contributed by atoms with Crippen LogP contribution in [0.4, 0.5) is 0 Å². The molecule has 3 rings (SSSR count). The van der Waals surface area contributed by atoms with Crippen LogP contribution in [0.25, 0.3) is 0 Å². The molecule has 10 nitrogen and oxygen atoms in total. The lowest BCUT2D eigenvalue weighted by molar-refractivity contribution is -0.142. The molecule has 0 spiro atoms. The van der Waals surface area contributed by atoms with Crippen LogP contribution in [0.15, 0.2) is 45.6 Å². The highest BCUT2D eigenvalue weighted by molar-refractivity contribution is 5.89. The van der Waals surface area contributed by atoms with Crippen molar-refractivity contribution in [3.8, 4) is 0 Å². The molecule has 28 heavy (non-hydrogen) atoms. The van der Waals surface area contributed by atoms with E-state index in [0.717, 1.165) is 0 Å². The van der Waals surface area contributed by atoms with Crippen LogP contribution in [0.3, 0.4) is 0 Å². The minimum Gasteiger partial charge on any atom is -0.457 e. The van der Waals surface area contributed by atoms with E-state index >= 15 is 0 Å². The number of hydrogen-bond donors (Lipinski definition) is 0. The third-order valence-electron chi connectivity index (χ3n) is 4.08. The van der Waals surface area contributed by atoms with E-state index in [-0.39, 0.29) is 49.5 Å². The minimum absolute atomic E-state index is 0.0207. The van der Waals surface area contributed by atoms with Gasteiger partial charge >= 0.3 is 11.9 Å². The van der Waals surface area contributed by atoms with Crippen molar-refractivity contribution in [1.82, 2.24) is 9.80 Å². The molecule has 3 heterocycles. The minimum atomic E-state index is -0.717. The van der Waals surface area contributed by atoms with Gasteiger partial charge in [0.2, 0.25) is 11.5 Å². The summed E-state index contributed by atoms with van der Waals surface area (Å²) in [5.41, 5.74) is 0. The fraction of sp³-hybridized carbons (Fsp3) is 0.333. The Kier molecular flexibility index (Phi) is 6.10. The zero-order valence-corrected chi connectivity index (χ0v) is 14.9. The molecule has 2 aromatic rings. The van der Waals surface area contributed by atoms with E-state index in [1.165, 1.54) is 34.5 Å². The van der Waals surface area contributed by atoms with Crippen LogP contribution < -0.4 is 0 Å². The SMILES string of the molecule is O=C(OCC(=O)N1CCN(C(=O)COC(=O)c2ccco2)CC1)c1ccco1. The van der Waals surface area contributed by atoms with E-state index in [4.69, 9.17) is 18.3 Å². The summed E-state index contributed by atoms with van der Waals surface area (Å²) in [6.45, 7) is 0.330. The van der Waals surface area contributed by atoms with Crippen molar-refractivity contribution in [2.24, 2.45) is 0 Å². The van der Waals surface area contributed by atoms with Crippen molar-refractivity contribution in [1.29, 1.82) is 0 Å². The lowest BCUT2D eigenvalue weighted by atomic mass is 10.3. The molecule has 1 fully saturated rings. The number of furan rings is 2. The van der Waals surface area contributed by atoms with Crippen LogP contribution in [0, 0.1) is 0 Å². The van der Waals surface area contributed by atoms with Crippen LogP contribution in [0.5, 0.6) is 0 Å². The Hall–Kier alpha value is -3.56. The molecule has 2 aromatic heterocycles. The quantitative estimate of drug-likeness (QED) is 0.656. The second-order valence-electron chi connectivity index (χ2n) is 5.87. The van der Waals surface area contributed by atoms with E-state index in [1.54, 1.807) is 12.1 Å². The van der Waals surface area contributed by atoms with Gasteiger partial charge in [-0.1, -0.05) is 0 Å². The second-order valence-corrected chi connectivity index (χ2v) is 5.87. The van der Waals surface area contributed by atoms with Gasteiger partial charge in [0.25, 0.3) is 11.8 Å². The normalized spacial score (nSPS) is 13.9. The fourth-order valence-corrected chi connectivity index (χ4v) is 2.57. The number of hydrogen-bond acceptors (Lipinski definition) is 8. The van der Waals surface area contributed by atoms with Gasteiger partial charge in [0.05, 0.1) is 12.5 Å². The first-order valence-corrected chi connectivity index (χ1v) is 8.51. The van der Waals surface area contributed by atoms with E-state index in [9.17, 15) is 19.2 Å². The summed E-state index contributed by atoms with van der Waals surface area (Å²) in [7, 11) is 0. The van der Waals surface area contributed by atoms with Gasteiger partial charge in [0, 0.05) is 26.2 Å². The van der Waals surface area contributed by atoms with Gasteiger partial charge in [-0.05, 0) is 24.3 Å². The van der Waals surface area contributed by atoms with Crippen LogP contribution in [-0.2, 0) is 19.1 Å². The Labute approximate surface area is 159 Å². The highest BCUT2D eigenvalue weighted by Crippen LogP contribution is 2.07. The summed E-state index contributed by atoms with van der Waals surface area (Å²) in [4.78, 5) is 50.6. The van der Waals surface area contributed by atoms with Crippen LogP contribution in [-0.4, -0.2) is 72.9 Å². The first kappa shape index (κ1) is 19.2. The van der Waals surface area contributed by atoms with E-state index < -0.39 is 25.2 Å². The highest BCUT2D eigenvalue weighted by Gasteiger charge is 2.26. The number of ether oxygens (including phenoxy) is 2. The van der Waals surface area contributed by atoms with Crippen LogP contribution in [0.2, 0.25) is 0 Å². The number of carbonyl (C=O) groups excluding carboxylic acids is 4. The molecule has 2 amide bonds.